The molecule has 0 aliphatic carbocycles. The predicted octanol–water partition coefficient (Wildman–Crippen LogP) is 3.21. The van der Waals surface area contributed by atoms with Crippen LogP contribution >= 0.6 is 0 Å². The van der Waals surface area contributed by atoms with Crippen LogP contribution in [-0.4, -0.2) is 26.8 Å². The van der Waals surface area contributed by atoms with Crippen molar-refractivity contribution in [1.82, 2.24) is 5.32 Å². The van der Waals surface area contributed by atoms with Gasteiger partial charge in [-0.05, 0) is 30.2 Å². The second kappa shape index (κ2) is 8.03. The van der Waals surface area contributed by atoms with E-state index in [1.165, 1.54) is 13.2 Å². The predicted molar refractivity (Wildman–Crippen MR) is 86.7 cm³/mol. The monoisotopic (exact) mass is 318 g/mol. The summed E-state index contributed by atoms with van der Waals surface area (Å²) in [5.74, 6) is 0.837. The van der Waals surface area contributed by atoms with Gasteiger partial charge in [0, 0.05) is 18.3 Å². The molecule has 0 aliphatic rings. The van der Waals surface area contributed by atoms with E-state index in [-0.39, 0.29) is 11.8 Å². The van der Waals surface area contributed by atoms with Crippen LogP contribution in [0.3, 0.4) is 0 Å². The fraction of sp³-hybridized carbons (Fsp3) is 0.235. The van der Waals surface area contributed by atoms with Gasteiger partial charge in [-0.2, -0.15) is 0 Å². The van der Waals surface area contributed by atoms with E-state index in [4.69, 9.17) is 9.47 Å². The van der Waals surface area contributed by atoms with Crippen LogP contribution in [-0.2, 0) is 6.42 Å². The summed E-state index contributed by atoms with van der Waals surface area (Å²) in [5.41, 5.74) is 1.14. The third-order valence-electron chi connectivity index (χ3n) is 3.28. The smallest absolute Gasteiger partial charge is 0.319 e. The average molecular weight is 318 g/mol. The number of amides is 2. The van der Waals surface area contributed by atoms with E-state index < -0.39 is 0 Å². The van der Waals surface area contributed by atoms with Gasteiger partial charge in [-0.1, -0.05) is 18.2 Å². The van der Waals surface area contributed by atoms with E-state index >= 15 is 0 Å². The lowest BCUT2D eigenvalue weighted by atomic mass is 10.1. The minimum atomic E-state index is -0.367. The Balaban J connectivity index is 1.86. The number of halogens is 1. The van der Waals surface area contributed by atoms with Gasteiger partial charge < -0.3 is 20.1 Å². The molecule has 0 unspecified atom stereocenters. The van der Waals surface area contributed by atoms with Crippen LogP contribution in [0.15, 0.2) is 42.5 Å². The molecule has 2 aromatic rings. The average Bonchev–Trinajstić information content (AvgIpc) is 2.56. The van der Waals surface area contributed by atoms with Gasteiger partial charge in [0.1, 0.15) is 5.82 Å². The molecule has 0 radical (unpaired) electrons. The van der Waals surface area contributed by atoms with Gasteiger partial charge in [0.25, 0.3) is 0 Å². The molecule has 2 aromatic carbocycles. The summed E-state index contributed by atoms with van der Waals surface area (Å²) < 4.78 is 23.8. The molecule has 0 atom stereocenters. The highest BCUT2D eigenvalue weighted by molar-refractivity contribution is 5.89. The quantitative estimate of drug-likeness (QED) is 0.860. The first-order chi connectivity index (χ1) is 11.1. The SMILES string of the molecule is COc1ccc(NC(=O)NCCc2ccccc2F)cc1OC. The Morgan fingerprint density at radius 1 is 1.09 bits per heavy atom. The summed E-state index contributed by atoms with van der Waals surface area (Å²) >= 11 is 0. The Bertz CT molecular complexity index is 677. The molecule has 6 heteroatoms. The Labute approximate surface area is 134 Å². The number of nitrogens with one attached hydrogen (secondary N) is 2. The van der Waals surface area contributed by atoms with Crippen LogP contribution < -0.4 is 20.1 Å². The van der Waals surface area contributed by atoms with Crippen molar-refractivity contribution in [1.29, 1.82) is 0 Å². The minimum Gasteiger partial charge on any atom is -0.493 e. The van der Waals surface area contributed by atoms with Crippen molar-refractivity contribution in [3.8, 4) is 11.5 Å². The molecular formula is C17H19FN2O3. The number of methoxy groups -OCH3 is 2. The summed E-state index contributed by atoms with van der Waals surface area (Å²) in [5, 5.41) is 5.37. The van der Waals surface area contributed by atoms with Gasteiger partial charge >= 0.3 is 6.03 Å². The maximum Gasteiger partial charge on any atom is 0.319 e. The first kappa shape index (κ1) is 16.6. The summed E-state index contributed by atoms with van der Waals surface area (Å²) in [6.45, 7) is 0.333. The maximum absolute atomic E-state index is 13.5. The number of ether oxygens (including phenoxy) is 2. The van der Waals surface area contributed by atoms with Gasteiger partial charge in [0.15, 0.2) is 11.5 Å². The molecule has 0 bridgehead atoms. The van der Waals surface area contributed by atoms with E-state index in [2.05, 4.69) is 10.6 Å². The third-order valence-corrected chi connectivity index (χ3v) is 3.28. The zero-order valence-corrected chi connectivity index (χ0v) is 13.1. The van der Waals surface area contributed by atoms with Crippen molar-refractivity contribution in [2.75, 3.05) is 26.1 Å². The number of hydrogen-bond acceptors (Lipinski definition) is 3. The molecule has 0 saturated carbocycles. The molecule has 0 spiro atoms. The van der Waals surface area contributed by atoms with Crippen LogP contribution in [0, 0.1) is 5.82 Å². The molecule has 2 N–H and O–H groups in total. The zero-order valence-electron chi connectivity index (χ0n) is 13.1. The van der Waals surface area contributed by atoms with Crippen LogP contribution in [0.4, 0.5) is 14.9 Å². The van der Waals surface area contributed by atoms with Crippen molar-refractivity contribution in [3.05, 3.63) is 53.8 Å². The second-order valence-corrected chi connectivity index (χ2v) is 4.79. The minimum absolute atomic E-state index is 0.269. The van der Waals surface area contributed by atoms with E-state index in [1.807, 2.05) is 0 Å². The summed E-state index contributed by atoms with van der Waals surface area (Å²) in [7, 11) is 3.07. The highest BCUT2D eigenvalue weighted by Crippen LogP contribution is 2.29. The van der Waals surface area contributed by atoms with E-state index in [0.29, 0.717) is 35.7 Å². The van der Waals surface area contributed by atoms with Crippen molar-refractivity contribution in [3.63, 3.8) is 0 Å². The molecule has 0 fully saturated rings. The van der Waals surface area contributed by atoms with Crippen LogP contribution in [0.5, 0.6) is 11.5 Å². The number of urea groups is 1. The maximum atomic E-state index is 13.5. The molecule has 0 aromatic heterocycles. The Kier molecular flexibility index (Phi) is 5.80. The van der Waals surface area contributed by atoms with Crippen LogP contribution in [0.1, 0.15) is 5.56 Å². The lowest BCUT2D eigenvalue weighted by Gasteiger charge is -2.11. The molecule has 0 aliphatic heterocycles. The normalized spacial score (nSPS) is 10.0. The standard InChI is InChI=1S/C17H19FN2O3/c1-22-15-8-7-13(11-16(15)23-2)20-17(21)19-10-9-12-5-3-4-6-14(12)18/h3-8,11H,9-10H2,1-2H3,(H2,19,20,21). The van der Waals surface area contributed by atoms with E-state index in [0.717, 1.165) is 0 Å². The number of carbonyl (C=O) groups is 1. The highest BCUT2D eigenvalue weighted by atomic mass is 19.1. The molecule has 0 saturated heterocycles. The fourth-order valence-electron chi connectivity index (χ4n) is 2.10. The van der Waals surface area contributed by atoms with Crippen molar-refractivity contribution < 1.29 is 18.7 Å². The summed E-state index contributed by atoms with van der Waals surface area (Å²) in [6.07, 6.45) is 0.423. The first-order valence-corrected chi connectivity index (χ1v) is 7.14. The van der Waals surface area contributed by atoms with Crippen molar-refractivity contribution in [2.24, 2.45) is 0 Å². The Morgan fingerprint density at radius 2 is 1.83 bits per heavy atom. The summed E-state index contributed by atoms with van der Waals surface area (Å²) in [4.78, 5) is 11.9. The van der Waals surface area contributed by atoms with E-state index in [1.54, 1.807) is 43.5 Å². The van der Waals surface area contributed by atoms with Gasteiger partial charge in [0.2, 0.25) is 0 Å². The number of anilines is 1. The molecule has 122 valence electrons. The van der Waals surface area contributed by atoms with Crippen molar-refractivity contribution >= 4 is 11.7 Å². The lowest BCUT2D eigenvalue weighted by Crippen LogP contribution is -2.30. The van der Waals surface area contributed by atoms with Gasteiger partial charge in [-0.3, -0.25) is 0 Å². The zero-order chi connectivity index (χ0) is 16.7. The van der Waals surface area contributed by atoms with Gasteiger partial charge in [-0.15, -0.1) is 0 Å². The van der Waals surface area contributed by atoms with Crippen molar-refractivity contribution in [2.45, 2.75) is 6.42 Å². The molecular weight excluding hydrogens is 299 g/mol. The van der Waals surface area contributed by atoms with E-state index in [9.17, 15) is 9.18 Å². The Morgan fingerprint density at radius 3 is 2.52 bits per heavy atom. The number of rotatable bonds is 6. The third kappa shape index (κ3) is 4.60. The van der Waals surface area contributed by atoms with Crippen LogP contribution in [0.2, 0.25) is 0 Å². The number of hydrogen-bond donors (Lipinski definition) is 2. The largest absolute Gasteiger partial charge is 0.493 e. The fourth-order valence-corrected chi connectivity index (χ4v) is 2.10. The first-order valence-electron chi connectivity index (χ1n) is 7.14. The highest BCUT2D eigenvalue weighted by Gasteiger charge is 2.07. The molecule has 2 rings (SSSR count). The van der Waals surface area contributed by atoms with Gasteiger partial charge in [-0.25, -0.2) is 9.18 Å². The topological polar surface area (TPSA) is 59.6 Å². The summed E-state index contributed by atoms with van der Waals surface area (Å²) in [6, 6.07) is 11.2. The molecule has 0 heterocycles. The lowest BCUT2D eigenvalue weighted by molar-refractivity contribution is 0.252. The second-order valence-electron chi connectivity index (χ2n) is 4.79. The number of benzene rings is 2. The Hall–Kier alpha value is -2.76. The molecule has 2 amide bonds. The number of carbonyl (C=O) groups excluding carboxylic acids is 1. The van der Waals surface area contributed by atoms with Crippen LogP contribution in [0.25, 0.3) is 0 Å². The van der Waals surface area contributed by atoms with Gasteiger partial charge in [0.05, 0.1) is 14.2 Å². The molecule has 5 nitrogen and oxygen atoms in total. The molecule has 23 heavy (non-hydrogen) atoms.